The highest BCUT2D eigenvalue weighted by Crippen LogP contribution is 2.39. The summed E-state index contributed by atoms with van der Waals surface area (Å²) in [4.78, 5) is 5.50. The number of rotatable bonds is 4. The normalized spacial score (nSPS) is 12.7. The van der Waals surface area contributed by atoms with Gasteiger partial charge in [0.15, 0.2) is 17.5 Å². The van der Waals surface area contributed by atoms with Gasteiger partial charge in [-0.1, -0.05) is 6.07 Å². The predicted molar refractivity (Wildman–Crippen MR) is 107 cm³/mol. The van der Waals surface area contributed by atoms with E-state index in [1.807, 2.05) is 18.2 Å². The molecular formula is C15H17BrIN3O2S. The molecule has 0 spiro atoms. The van der Waals surface area contributed by atoms with Gasteiger partial charge in [-0.2, -0.15) is 0 Å². The molecule has 0 fully saturated rings. The number of ether oxygens (including phenoxy) is 2. The van der Waals surface area contributed by atoms with Gasteiger partial charge in [-0.15, -0.1) is 35.3 Å². The molecule has 3 rings (SSSR count). The molecule has 1 aliphatic heterocycles. The van der Waals surface area contributed by atoms with E-state index in [0.717, 1.165) is 34.0 Å². The number of fused-ring (bicyclic) bond motifs is 1. The molecule has 0 amide bonds. The first-order valence-corrected chi connectivity index (χ1v) is 8.48. The van der Waals surface area contributed by atoms with Gasteiger partial charge in [0.1, 0.15) is 0 Å². The molecule has 0 aliphatic carbocycles. The number of guanidine groups is 1. The lowest BCUT2D eigenvalue weighted by atomic mass is 10.2. The summed E-state index contributed by atoms with van der Waals surface area (Å²) in [6.07, 6.45) is 0. The van der Waals surface area contributed by atoms with Crippen molar-refractivity contribution < 1.29 is 9.47 Å². The molecule has 23 heavy (non-hydrogen) atoms. The van der Waals surface area contributed by atoms with Crippen molar-refractivity contribution in [3.05, 3.63) is 44.6 Å². The van der Waals surface area contributed by atoms with Crippen LogP contribution >= 0.6 is 51.2 Å². The lowest BCUT2D eigenvalue weighted by Gasteiger charge is -2.12. The Balaban J connectivity index is 0.00000192. The number of benzene rings is 1. The van der Waals surface area contributed by atoms with Crippen LogP contribution < -0.4 is 20.1 Å². The van der Waals surface area contributed by atoms with Crippen LogP contribution in [0.15, 0.2) is 39.1 Å². The molecule has 2 N–H and O–H groups in total. The smallest absolute Gasteiger partial charge is 0.231 e. The summed E-state index contributed by atoms with van der Waals surface area (Å²) < 4.78 is 11.7. The Morgan fingerprint density at radius 2 is 2.13 bits per heavy atom. The van der Waals surface area contributed by atoms with Gasteiger partial charge in [-0.05, 0) is 45.1 Å². The van der Waals surface area contributed by atoms with Crippen molar-refractivity contribution in [2.75, 3.05) is 13.8 Å². The molecule has 2 heterocycles. The first-order valence-electron chi connectivity index (χ1n) is 6.81. The van der Waals surface area contributed by atoms with Gasteiger partial charge in [0.05, 0.1) is 11.0 Å². The van der Waals surface area contributed by atoms with Crippen molar-refractivity contribution in [1.29, 1.82) is 0 Å². The van der Waals surface area contributed by atoms with E-state index < -0.39 is 0 Å². The van der Waals surface area contributed by atoms with Gasteiger partial charge >= 0.3 is 0 Å². The molecule has 0 saturated heterocycles. The number of halogens is 2. The largest absolute Gasteiger partial charge is 0.454 e. The molecular weight excluding hydrogens is 493 g/mol. The zero-order valence-corrected chi connectivity index (χ0v) is 17.2. The molecule has 0 atom stereocenters. The molecule has 0 bridgehead atoms. The fourth-order valence-corrected chi connectivity index (χ4v) is 3.36. The van der Waals surface area contributed by atoms with Crippen LogP contribution in [0.4, 0.5) is 0 Å². The van der Waals surface area contributed by atoms with E-state index in [4.69, 9.17) is 9.47 Å². The number of hydrogen-bond acceptors (Lipinski definition) is 4. The standard InChI is InChI=1S/C15H16BrN3O2S.HI/c1-17-15(19-8-11-3-2-4-22-11)18-7-10-5-12(16)14-13(6-10)20-9-21-14;/h2-6H,7-9H2,1H3,(H2,17,18,19);1H. The van der Waals surface area contributed by atoms with E-state index >= 15 is 0 Å². The van der Waals surface area contributed by atoms with Crippen LogP contribution in [0.3, 0.4) is 0 Å². The summed E-state index contributed by atoms with van der Waals surface area (Å²) in [7, 11) is 1.76. The van der Waals surface area contributed by atoms with Gasteiger partial charge in [-0.3, -0.25) is 4.99 Å². The Hall–Kier alpha value is -1.000. The molecule has 2 aromatic rings. The average molecular weight is 510 g/mol. The number of thiophene rings is 1. The van der Waals surface area contributed by atoms with E-state index in [9.17, 15) is 0 Å². The lowest BCUT2D eigenvalue weighted by Crippen LogP contribution is -2.36. The average Bonchev–Trinajstić information content (AvgIpc) is 3.18. The second kappa shape index (κ2) is 8.74. The SMILES string of the molecule is CN=C(NCc1cc(Br)c2c(c1)OCO2)NCc1cccs1.I. The molecule has 1 aromatic heterocycles. The maximum atomic E-state index is 5.43. The third kappa shape index (κ3) is 4.74. The van der Waals surface area contributed by atoms with E-state index in [0.29, 0.717) is 6.54 Å². The quantitative estimate of drug-likeness (QED) is 0.374. The fourth-order valence-electron chi connectivity index (χ4n) is 2.11. The highest BCUT2D eigenvalue weighted by Gasteiger charge is 2.17. The van der Waals surface area contributed by atoms with Crippen molar-refractivity contribution in [1.82, 2.24) is 10.6 Å². The molecule has 0 unspecified atom stereocenters. The number of aliphatic imine (C=N–C) groups is 1. The van der Waals surface area contributed by atoms with Crippen molar-refractivity contribution in [2.45, 2.75) is 13.1 Å². The van der Waals surface area contributed by atoms with E-state index in [-0.39, 0.29) is 30.8 Å². The van der Waals surface area contributed by atoms with Crippen molar-refractivity contribution in [2.24, 2.45) is 4.99 Å². The van der Waals surface area contributed by atoms with Crippen LogP contribution in [-0.2, 0) is 13.1 Å². The third-order valence-corrected chi connectivity index (χ3v) is 4.65. The second-order valence-electron chi connectivity index (χ2n) is 4.67. The van der Waals surface area contributed by atoms with Gasteiger partial charge in [-0.25, -0.2) is 0 Å². The summed E-state index contributed by atoms with van der Waals surface area (Å²) in [5, 5.41) is 8.65. The van der Waals surface area contributed by atoms with Gasteiger partial charge in [0.25, 0.3) is 0 Å². The van der Waals surface area contributed by atoms with Crippen LogP contribution in [0.25, 0.3) is 0 Å². The molecule has 1 aromatic carbocycles. The van der Waals surface area contributed by atoms with Crippen molar-refractivity contribution >= 4 is 57.2 Å². The van der Waals surface area contributed by atoms with Crippen LogP contribution in [0.1, 0.15) is 10.4 Å². The number of nitrogens with zero attached hydrogens (tertiary/aromatic N) is 1. The third-order valence-electron chi connectivity index (χ3n) is 3.18. The summed E-state index contributed by atoms with van der Waals surface area (Å²) in [6.45, 7) is 1.69. The molecule has 124 valence electrons. The minimum atomic E-state index is 0. The van der Waals surface area contributed by atoms with Gasteiger partial charge in [0, 0.05) is 18.5 Å². The Labute approximate surface area is 164 Å². The minimum Gasteiger partial charge on any atom is -0.454 e. The summed E-state index contributed by atoms with van der Waals surface area (Å²) in [5.74, 6) is 2.30. The van der Waals surface area contributed by atoms with Crippen LogP contribution in [0, 0.1) is 0 Å². The van der Waals surface area contributed by atoms with Crippen LogP contribution in [0.5, 0.6) is 11.5 Å². The lowest BCUT2D eigenvalue weighted by molar-refractivity contribution is 0.173. The zero-order valence-electron chi connectivity index (χ0n) is 12.5. The Morgan fingerprint density at radius 3 is 2.87 bits per heavy atom. The molecule has 0 radical (unpaired) electrons. The second-order valence-corrected chi connectivity index (χ2v) is 6.56. The fraction of sp³-hybridized carbons (Fsp3) is 0.267. The summed E-state index contributed by atoms with van der Waals surface area (Å²) in [5.41, 5.74) is 1.09. The van der Waals surface area contributed by atoms with E-state index in [1.165, 1.54) is 4.88 Å². The highest BCUT2D eigenvalue weighted by atomic mass is 127. The Bertz CT molecular complexity index is 680. The highest BCUT2D eigenvalue weighted by molar-refractivity contribution is 14.0. The predicted octanol–water partition coefficient (Wildman–Crippen LogP) is 3.72. The van der Waals surface area contributed by atoms with Gasteiger partial charge in [0.2, 0.25) is 6.79 Å². The van der Waals surface area contributed by atoms with Gasteiger partial charge < -0.3 is 20.1 Å². The van der Waals surface area contributed by atoms with Crippen LogP contribution in [-0.4, -0.2) is 19.8 Å². The maximum Gasteiger partial charge on any atom is 0.231 e. The summed E-state index contributed by atoms with van der Waals surface area (Å²) >= 11 is 5.23. The topological polar surface area (TPSA) is 54.9 Å². The first kappa shape index (κ1) is 18.3. The summed E-state index contributed by atoms with van der Waals surface area (Å²) in [6, 6.07) is 8.14. The number of hydrogen-bond donors (Lipinski definition) is 2. The minimum absolute atomic E-state index is 0. The molecule has 8 heteroatoms. The number of nitrogens with one attached hydrogen (secondary N) is 2. The van der Waals surface area contributed by atoms with Crippen LogP contribution in [0.2, 0.25) is 0 Å². The Morgan fingerprint density at radius 1 is 1.30 bits per heavy atom. The zero-order chi connectivity index (χ0) is 15.4. The van der Waals surface area contributed by atoms with Crippen molar-refractivity contribution in [3.63, 3.8) is 0 Å². The monoisotopic (exact) mass is 509 g/mol. The molecule has 1 aliphatic rings. The first-order chi connectivity index (χ1) is 10.8. The van der Waals surface area contributed by atoms with E-state index in [1.54, 1.807) is 18.4 Å². The maximum absolute atomic E-state index is 5.43. The van der Waals surface area contributed by atoms with Crippen molar-refractivity contribution in [3.8, 4) is 11.5 Å². The Kier molecular flexibility index (Phi) is 6.97. The molecule has 0 saturated carbocycles. The molecule has 5 nitrogen and oxygen atoms in total. The van der Waals surface area contributed by atoms with E-state index in [2.05, 4.69) is 43.0 Å².